The zero-order valence-electron chi connectivity index (χ0n) is 15.9. The number of hydrogen-bond acceptors (Lipinski definition) is 4. The van der Waals surface area contributed by atoms with Crippen molar-refractivity contribution in [1.29, 1.82) is 0 Å². The smallest absolute Gasteiger partial charge is 0.257 e. The van der Waals surface area contributed by atoms with E-state index in [9.17, 15) is 9.90 Å². The van der Waals surface area contributed by atoms with Crippen LogP contribution < -0.4 is 5.32 Å². The minimum atomic E-state index is -1.05. The van der Waals surface area contributed by atoms with Crippen molar-refractivity contribution in [3.05, 3.63) is 77.0 Å². The zero-order valence-corrected chi connectivity index (χ0v) is 15.9. The molecule has 2 aromatic carbocycles. The highest BCUT2D eigenvalue weighted by atomic mass is 16.5. The molecule has 1 atom stereocenters. The van der Waals surface area contributed by atoms with Crippen LogP contribution in [0.25, 0.3) is 11.3 Å². The standard InChI is InChI=1S/C23H24N2O3/c1-2-19-20(21(25-28-19)17-10-4-3-5-11-17)22(26)24-15-23(27)14-8-12-16-9-6-7-13-18(16)23/h3-7,9-11,13,27H,2,8,12,14-15H2,1H3,(H,24,26). The first-order chi connectivity index (χ1) is 13.6. The molecule has 0 bridgehead atoms. The summed E-state index contributed by atoms with van der Waals surface area (Å²) in [5.74, 6) is 0.279. The first kappa shape index (κ1) is 18.4. The molecule has 0 radical (unpaired) electrons. The third kappa shape index (κ3) is 3.34. The lowest BCUT2D eigenvalue weighted by Gasteiger charge is -2.34. The molecule has 144 valence electrons. The molecule has 1 aliphatic rings. The number of aromatic nitrogens is 1. The van der Waals surface area contributed by atoms with Gasteiger partial charge in [-0.1, -0.05) is 66.7 Å². The van der Waals surface area contributed by atoms with Crippen LogP contribution in [0.3, 0.4) is 0 Å². The van der Waals surface area contributed by atoms with Crippen LogP contribution in [0.5, 0.6) is 0 Å². The van der Waals surface area contributed by atoms with E-state index in [2.05, 4.69) is 10.5 Å². The van der Waals surface area contributed by atoms with Crippen molar-refractivity contribution in [2.24, 2.45) is 0 Å². The second-order valence-electron chi connectivity index (χ2n) is 7.27. The molecule has 5 nitrogen and oxygen atoms in total. The fourth-order valence-electron chi connectivity index (χ4n) is 3.99. The molecule has 0 saturated heterocycles. The van der Waals surface area contributed by atoms with Gasteiger partial charge in [0, 0.05) is 12.0 Å². The largest absolute Gasteiger partial charge is 0.383 e. The molecule has 2 N–H and O–H groups in total. The van der Waals surface area contributed by atoms with Crippen molar-refractivity contribution in [2.75, 3.05) is 6.54 Å². The molecule has 1 heterocycles. The number of benzene rings is 2. The lowest BCUT2D eigenvalue weighted by molar-refractivity contribution is 0.0189. The van der Waals surface area contributed by atoms with Crippen molar-refractivity contribution in [3.63, 3.8) is 0 Å². The quantitative estimate of drug-likeness (QED) is 0.709. The van der Waals surface area contributed by atoms with E-state index in [-0.39, 0.29) is 12.5 Å². The van der Waals surface area contributed by atoms with Gasteiger partial charge in [0.1, 0.15) is 22.6 Å². The van der Waals surface area contributed by atoms with Crippen molar-refractivity contribution in [1.82, 2.24) is 10.5 Å². The number of nitrogens with one attached hydrogen (secondary N) is 1. The topological polar surface area (TPSA) is 75.4 Å². The number of carbonyl (C=O) groups is 1. The number of rotatable bonds is 5. The molecule has 4 rings (SSSR count). The van der Waals surface area contributed by atoms with E-state index in [1.165, 1.54) is 0 Å². The molecule has 28 heavy (non-hydrogen) atoms. The van der Waals surface area contributed by atoms with Crippen molar-refractivity contribution in [2.45, 2.75) is 38.2 Å². The van der Waals surface area contributed by atoms with Gasteiger partial charge in [-0.25, -0.2) is 0 Å². The Labute approximate surface area is 164 Å². The van der Waals surface area contributed by atoms with E-state index in [0.29, 0.717) is 29.9 Å². The molecule has 1 aliphatic carbocycles. The highest BCUT2D eigenvalue weighted by Crippen LogP contribution is 2.35. The highest BCUT2D eigenvalue weighted by molar-refractivity contribution is 6.00. The van der Waals surface area contributed by atoms with Crippen LogP contribution in [0.4, 0.5) is 0 Å². The van der Waals surface area contributed by atoms with Crippen LogP contribution in [-0.4, -0.2) is 22.7 Å². The summed E-state index contributed by atoms with van der Waals surface area (Å²) < 4.78 is 5.42. The van der Waals surface area contributed by atoms with Gasteiger partial charge in [-0.15, -0.1) is 0 Å². The van der Waals surface area contributed by atoms with Crippen LogP contribution in [-0.2, 0) is 18.4 Å². The van der Waals surface area contributed by atoms with Crippen LogP contribution in [0.1, 0.15) is 47.0 Å². The second-order valence-corrected chi connectivity index (χ2v) is 7.27. The Morgan fingerprint density at radius 1 is 1.18 bits per heavy atom. The van der Waals surface area contributed by atoms with Gasteiger partial charge in [0.05, 0.1) is 6.54 Å². The van der Waals surface area contributed by atoms with E-state index in [1.54, 1.807) is 0 Å². The van der Waals surface area contributed by atoms with E-state index < -0.39 is 5.60 Å². The van der Waals surface area contributed by atoms with Gasteiger partial charge in [0.25, 0.3) is 5.91 Å². The van der Waals surface area contributed by atoms with Gasteiger partial charge in [0.2, 0.25) is 0 Å². The number of nitrogens with zero attached hydrogens (tertiary/aromatic N) is 1. The van der Waals surface area contributed by atoms with E-state index in [1.807, 2.05) is 61.5 Å². The van der Waals surface area contributed by atoms with Crippen molar-refractivity contribution < 1.29 is 14.4 Å². The average molecular weight is 376 g/mol. The summed E-state index contributed by atoms with van der Waals surface area (Å²) in [6, 6.07) is 17.4. The molecule has 1 amide bonds. The SMILES string of the molecule is CCc1onc(-c2ccccc2)c1C(=O)NCC1(O)CCCc2ccccc21. The summed E-state index contributed by atoms with van der Waals surface area (Å²) in [7, 11) is 0. The fraction of sp³-hybridized carbons (Fsp3) is 0.304. The Morgan fingerprint density at radius 2 is 1.93 bits per heavy atom. The first-order valence-electron chi connectivity index (χ1n) is 9.75. The molecule has 0 aliphatic heterocycles. The number of amides is 1. The first-order valence-corrected chi connectivity index (χ1v) is 9.75. The fourth-order valence-corrected chi connectivity index (χ4v) is 3.99. The highest BCUT2D eigenvalue weighted by Gasteiger charge is 2.35. The number of hydrogen-bond donors (Lipinski definition) is 2. The lowest BCUT2D eigenvalue weighted by Crippen LogP contribution is -2.43. The lowest BCUT2D eigenvalue weighted by atomic mass is 9.79. The van der Waals surface area contributed by atoms with Crippen molar-refractivity contribution in [3.8, 4) is 11.3 Å². The maximum Gasteiger partial charge on any atom is 0.257 e. The van der Waals surface area contributed by atoms with Crippen LogP contribution in [0.2, 0.25) is 0 Å². The summed E-state index contributed by atoms with van der Waals surface area (Å²) in [5.41, 5.74) is 2.81. The molecule has 3 aromatic rings. The summed E-state index contributed by atoms with van der Waals surface area (Å²) in [4.78, 5) is 13.1. The van der Waals surface area contributed by atoms with Gasteiger partial charge in [-0.2, -0.15) is 0 Å². The Hall–Kier alpha value is -2.92. The molecule has 0 saturated carbocycles. The Balaban J connectivity index is 1.60. The van der Waals surface area contributed by atoms with Crippen LogP contribution >= 0.6 is 0 Å². The second kappa shape index (κ2) is 7.60. The Kier molecular flexibility index (Phi) is 5.01. The normalized spacial score (nSPS) is 18.5. The maximum atomic E-state index is 13.1. The van der Waals surface area contributed by atoms with Crippen molar-refractivity contribution >= 4 is 5.91 Å². The van der Waals surface area contributed by atoms with Crippen LogP contribution in [0, 0.1) is 0 Å². The van der Waals surface area contributed by atoms with Gasteiger partial charge in [0.15, 0.2) is 0 Å². The number of carbonyl (C=O) groups excluding carboxylic acids is 1. The summed E-state index contributed by atoms with van der Waals surface area (Å²) >= 11 is 0. The van der Waals surface area contributed by atoms with E-state index in [4.69, 9.17) is 4.52 Å². The molecule has 0 spiro atoms. The third-order valence-electron chi connectivity index (χ3n) is 5.45. The van der Waals surface area contributed by atoms with Gasteiger partial charge in [-0.05, 0) is 30.4 Å². The van der Waals surface area contributed by atoms with Gasteiger partial charge in [-0.3, -0.25) is 4.79 Å². The molecular weight excluding hydrogens is 352 g/mol. The monoisotopic (exact) mass is 376 g/mol. The molecule has 1 aromatic heterocycles. The minimum absolute atomic E-state index is 0.158. The average Bonchev–Trinajstić information content (AvgIpc) is 3.17. The number of aryl methyl sites for hydroxylation is 2. The Morgan fingerprint density at radius 3 is 2.71 bits per heavy atom. The maximum absolute atomic E-state index is 13.1. The molecule has 1 unspecified atom stereocenters. The molecular formula is C23H24N2O3. The van der Waals surface area contributed by atoms with Gasteiger partial charge < -0.3 is 14.9 Å². The van der Waals surface area contributed by atoms with E-state index in [0.717, 1.165) is 29.5 Å². The molecule has 5 heteroatoms. The number of aliphatic hydroxyl groups is 1. The van der Waals surface area contributed by atoms with Crippen LogP contribution in [0.15, 0.2) is 59.1 Å². The predicted octanol–water partition coefficient (Wildman–Crippen LogP) is 3.86. The third-order valence-corrected chi connectivity index (χ3v) is 5.45. The number of fused-ring (bicyclic) bond motifs is 1. The minimum Gasteiger partial charge on any atom is -0.383 e. The summed E-state index contributed by atoms with van der Waals surface area (Å²) in [6.07, 6.45) is 3.04. The Bertz CT molecular complexity index is 981. The summed E-state index contributed by atoms with van der Waals surface area (Å²) in [6.45, 7) is 2.09. The van der Waals surface area contributed by atoms with Gasteiger partial charge >= 0.3 is 0 Å². The zero-order chi connectivity index (χ0) is 19.6. The molecule has 0 fully saturated rings. The summed E-state index contributed by atoms with van der Waals surface area (Å²) in [5, 5.41) is 18.3. The predicted molar refractivity (Wildman–Crippen MR) is 107 cm³/mol. The van der Waals surface area contributed by atoms with E-state index >= 15 is 0 Å².